The van der Waals surface area contributed by atoms with Gasteiger partial charge in [-0.3, -0.25) is 5.10 Å². The molecule has 4 unspecified atom stereocenters. The lowest BCUT2D eigenvalue weighted by Crippen LogP contribution is -2.22. The number of aromatic nitrogens is 4. The molecular weight excluding hydrogens is 322 g/mol. The summed E-state index contributed by atoms with van der Waals surface area (Å²) in [5, 5.41) is 15.9. The van der Waals surface area contributed by atoms with Crippen molar-refractivity contribution in [2.75, 3.05) is 0 Å². The molecule has 2 aromatic heterocycles. The molecule has 2 saturated carbocycles. The highest BCUT2D eigenvalue weighted by Crippen LogP contribution is 2.75. The van der Waals surface area contributed by atoms with Crippen LogP contribution in [0.25, 0.3) is 11.3 Å². The van der Waals surface area contributed by atoms with Crippen LogP contribution in [0.5, 0.6) is 0 Å². The number of nitrogens with zero attached hydrogens (tertiary/aromatic N) is 3. The molecule has 4 nitrogen and oxygen atoms in total. The molecule has 2 heterocycles. The highest BCUT2D eigenvalue weighted by Gasteiger charge is 2.71. The molecular formula is C19H14F2N4. The van der Waals surface area contributed by atoms with Crippen LogP contribution < -0.4 is 0 Å². The largest absolute Gasteiger partial charge is 0.282 e. The average molecular weight is 336 g/mol. The molecule has 0 amide bonds. The molecule has 1 aromatic carbocycles. The standard InChI is InChI=1S/C19H14F2N4/c20-13-2-1-3-14(21)17(13)15-7-11-9-6-10(9)12-8-19(12,18(11)25-23-15)16-4-5-22-24-16/h1-5,7,9-10,12H,6,8H2,(H,22,24). The Labute approximate surface area is 142 Å². The van der Waals surface area contributed by atoms with Crippen molar-refractivity contribution >= 4 is 0 Å². The number of hydrogen-bond acceptors (Lipinski definition) is 3. The van der Waals surface area contributed by atoms with Crippen molar-refractivity contribution in [1.29, 1.82) is 0 Å². The fraction of sp³-hybridized carbons (Fsp3) is 0.316. The fourth-order valence-electron chi connectivity index (χ4n) is 4.94. The van der Waals surface area contributed by atoms with Gasteiger partial charge < -0.3 is 0 Å². The van der Waals surface area contributed by atoms with Gasteiger partial charge in [0.15, 0.2) is 0 Å². The molecule has 6 rings (SSSR count). The molecule has 6 heteroatoms. The quantitative estimate of drug-likeness (QED) is 0.778. The van der Waals surface area contributed by atoms with Crippen LogP contribution in [-0.4, -0.2) is 20.4 Å². The lowest BCUT2D eigenvalue weighted by molar-refractivity contribution is 0.545. The molecule has 0 spiro atoms. The van der Waals surface area contributed by atoms with Gasteiger partial charge in [-0.1, -0.05) is 6.07 Å². The molecule has 0 bridgehead atoms. The number of H-pyrrole nitrogens is 1. The minimum absolute atomic E-state index is 0.0940. The van der Waals surface area contributed by atoms with Gasteiger partial charge >= 0.3 is 0 Å². The van der Waals surface area contributed by atoms with Crippen molar-refractivity contribution in [2.45, 2.75) is 24.2 Å². The number of aromatic amines is 1. The highest BCUT2D eigenvalue weighted by molar-refractivity contribution is 5.64. The summed E-state index contributed by atoms with van der Waals surface area (Å²) in [7, 11) is 0. The van der Waals surface area contributed by atoms with Crippen LogP contribution in [0.4, 0.5) is 8.78 Å². The van der Waals surface area contributed by atoms with Gasteiger partial charge in [-0.25, -0.2) is 8.78 Å². The summed E-state index contributed by atoms with van der Waals surface area (Å²) >= 11 is 0. The van der Waals surface area contributed by atoms with E-state index >= 15 is 0 Å². The molecule has 25 heavy (non-hydrogen) atoms. The van der Waals surface area contributed by atoms with E-state index in [1.54, 1.807) is 6.20 Å². The number of hydrogen-bond donors (Lipinski definition) is 1. The maximum atomic E-state index is 14.1. The molecule has 3 aromatic rings. The summed E-state index contributed by atoms with van der Waals surface area (Å²) in [5.74, 6) is 0.451. The average Bonchev–Trinajstić information content (AvgIpc) is 3.49. The smallest absolute Gasteiger partial charge is 0.135 e. The van der Waals surface area contributed by atoms with E-state index in [0.29, 0.717) is 17.8 Å². The van der Waals surface area contributed by atoms with E-state index < -0.39 is 11.6 Å². The van der Waals surface area contributed by atoms with Gasteiger partial charge in [0.1, 0.15) is 11.6 Å². The maximum absolute atomic E-state index is 14.1. The normalized spacial score (nSPS) is 31.0. The zero-order valence-electron chi connectivity index (χ0n) is 13.2. The second-order valence-corrected chi connectivity index (χ2v) is 7.39. The molecule has 1 N–H and O–H groups in total. The Kier molecular flexibility index (Phi) is 2.35. The Bertz CT molecular complexity index is 996. The van der Waals surface area contributed by atoms with E-state index in [2.05, 4.69) is 20.4 Å². The van der Waals surface area contributed by atoms with Gasteiger partial charge in [0, 0.05) is 11.9 Å². The van der Waals surface area contributed by atoms with Crippen LogP contribution in [0.1, 0.15) is 35.7 Å². The molecule has 0 saturated heterocycles. The number of fused-ring (bicyclic) bond motifs is 6. The van der Waals surface area contributed by atoms with E-state index in [9.17, 15) is 8.78 Å². The Morgan fingerprint density at radius 2 is 1.96 bits per heavy atom. The minimum Gasteiger partial charge on any atom is -0.282 e. The predicted octanol–water partition coefficient (Wildman–Crippen LogP) is 3.57. The van der Waals surface area contributed by atoms with E-state index in [0.717, 1.165) is 29.8 Å². The van der Waals surface area contributed by atoms with Crippen molar-refractivity contribution in [3.05, 3.63) is 65.1 Å². The van der Waals surface area contributed by atoms with Gasteiger partial charge in [-0.2, -0.15) is 10.2 Å². The Balaban J connectivity index is 1.55. The summed E-state index contributed by atoms with van der Waals surface area (Å²) < 4.78 is 28.3. The van der Waals surface area contributed by atoms with Crippen molar-refractivity contribution in [2.24, 2.45) is 11.8 Å². The van der Waals surface area contributed by atoms with Gasteiger partial charge in [0.25, 0.3) is 0 Å². The first kappa shape index (κ1) is 13.6. The molecule has 0 radical (unpaired) electrons. The van der Waals surface area contributed by atoms with Crippen molar-refractivity contribution in [3.63, 3.8) is 0 Å². The predicted molar refractivity (Wildman–Crippen MR) is 85.7 cm³/mol. The third-order valence-electron chi connectivity index (χ3n) is 6.22. The first-order valence-corrected chi connectivity index (χ1v) is 8.52. The Hall–Kier alpha value is -2.63. The van der Waals surface area contributed by atoms with Crippen molar-refractivity contribution in [1.82, 2.24) is 20.4 Å². The number of halogens is 2. The molecule has 2 fully saturated rings. The molecule has 0 aliphatic heterocycles. The summed E-state index contributed by atoms with van der Waals surface area (Å²) in [5.41, 5.74) is 3.18. The van der Waals surface area contributed by atoms with Crippen LogP contribution in [0.2, 0.25) is 0 Å². The molecule has 3 aliphatic carbocycles. The maximum Gasteiger partial charge on any atom is 0.135 e. The van der Waals surface area contributed by atoms with Crippen LogP contribution >= 0.6 is 0 Å². The SMILES string of the molecule is Fc1cccc(F)c1-c1cc2c(nn1)C1(c3ccn[nH]3)CC1C1CC21. The highest BCUT2D eigenvalue weighted by atomic mass is 19.1. The van der Waals surface area contributed by atoms with Crippen LogP contribution in [0.15, 0.2) is 36.5 Å². The molecule has 4 atom stereocenters. The minimum atomic E-state index is -0.606. The van der Waals surface area contributed by atoms with E-state index in [1.807, 2.05) is 12.1 Å². The number of nitrogens with one attached hydrogen (secondary N) is 1. The third-order valence-corrected chi connectivity index (χ3v) is 6.22. The molecule has 124 valence electrons. The summed E-state index contributed by atoms with van der Waals surface area (Å²) in [6, 6.07) is 7.71. The van der Waals surface area contributed by atoms with Crippen molar-refractivity contribution < 1.29 is 8.78 Å². The topological polar surface area (TPSA) is 54.5 Å². The second-order valence-electron chi connectivity index (χ2n) is 7.39. The van der Waals surface area contributed by atoms with Crippen LogP contribution in [-0.2, 0) is 5.41 Å². The van der Waals surface area contributed by atoms with Gasteiger partial charge in [0.05, 0.1) is 22.4 Å². The van der Waals surface area contributed by atoms with E-state index in [-0.39, 0.29) is 16.7 Å². The number of rotatable bonds is 2. The first-order valence-electron chi connectivity index (χ1n) is 8.52. The third kappa shape index (κ3) is 1.62. The summed E-state index contributed by atoms with van der Waals surface area (Å²) in [6.45, 7) is 0. The monoisotopic (exact) mass is 336 g/mol. The van der Waals surface area contributed by atoms with E-state index in [4.69, 9.17) is 0 Å². The van der Waals surface area contributed by atoms with Gasteiger partial charge in [0.2, 0.25) is 0 Å². The van der Waals surface area contributed by atoms with E-state index in [1.165, 1.54) is 18.2 Å². The summed E-state index contributed by atoms with van der Waals surface area (Å²) in [6.07, 6.45) is 3.93. The lowest BCUT2D eigenvalue weighted by Gasteiger charge is -2.23. The van der Waals surface area contributed by atoms with Crippen molar-refractivity contribution in [3.8, 4) is 11.3 Å². The second kappa shape index (κ2) is 4.31. The van der Waals surface area contributed by atoms with Gasteiger partial charge in [-0.05, 0) is 60.4 Å². The number of benzene rings is 1. The van der Waals surface area contributed by atoms with Crippen LogP contribution in [0.3, 0.4) is 0 Å². The lowest BCUT2D eigenvalue weighted by atomic mass is 9.83. The zero-order valence-corrected chi connectivity index (χ0v) is 13.2. The van der Waals surface area contributed by atoms with Crippen LogP contribution in [0, 0.1) is 23.5 Å². The van der Waals surface area contributed by atoms with Gasteiger partial charge in [-0.15, -0.1) is 5.10 Å². The summed E-state index contributed by atoms with van der Waals surface area (Å²) in [4.78, 5) is 0. The molecule has 3 aliphatic rings. The zero-order chi connectivity index (χ0) is 16.8. The Morgan fingerprint density at radius 1 is 1.12 bits per heavy atom. The first-order chi connectivity index (χ1) is 12.2. The fourth-order valence-corrected chi connectivity index (χ4v) is 4.94. The Morgan fingerprint density at radius 3 is 2.72 bits per heavy atom.